The van der Waals surface area contributed by atoms with Crippen molar-refractivity contribution in [2.75, 3.05) is 0 Å². The number of carboxylic acid groups (broad SMARTS) is 1. The summed E-state index contributed by atoms with van der Waals surface area (Å²) in [5, 5.41) is 16.2. The number of aliphatic carboxylic acids is 1. The Labute approximate surface area is 230 Å². The molecule has 1 atom stereocenters. The lowest BCUT2D eigenvalue weighted by atomic mass is 10.0. The van der Waals surface area contributed by atoms with Gasteiger partial charge in [-0.2, -0.15) is 0 Å². The summed E-state index contributed by atoms with van der Waals surface area (Å²) in [7, 11) is 1.55. The minimum absolute atomic E-state index is 0.0279. The first-order valence-corrected chi connectivity index (χ1v) is 12.2. The number of aryl methyl sites for hydroxylation is 1. The molecule has 0 fully saturated rings. The number of amides is 1. The van der Waals surface area contributed by atoms with Crippen LogP contribution < -0.4 is 21.5 Å². The lowest BCUT2D eigenvalue weighted by Crippen LogP contribution is -2.42. The van der Waals surface area contributed by atoms with E-state index >= 15 is 0 Å². The number of carbonyl (C=O) groups excluding carboxylic acids is 1. The number of nitrogens with one attached hydrogen (secondary N) is 2. The van der Waals surface area contributed by atoms with Gasteiger partial charge >= 0.3 is 11.7 Å². The third-order valence-corrected chi connectivity index (χ3v) is 6.72. The highest BCUT2D eigenvalue weighted by Gasteiger charge is 2.24. The number of benzene rings is 3. The summed E-state index contributed by atoms with van der Waals surface area (Å²) in [5.74, 6) is -2.00. The molecule has 198 valence electrons. The van der Waals surface area contributed by atoms with Gasteiger partial charge in [0.1, 0.15) is 23.2 Å². The first kappa shape index (κ1) is 27.5. The van der Waals surface area contributed by atoms with Crippen LogP contribution in [0, 0.1) is 5.53 Å². The highest BCUT2D eigenvalue weighted by molar-refractivity contribution is 6.39. The van der Waals surface area contributed by atoms with Crippen LogP contribution in [0.5, 0.6) is 0 Å². The molecule has 0 bridgehead atoms. The van der Waals surface area contributed by atoms with Crippen LogP contribution in [0.25, 0.3) is 16.6 Å². The van der Waals surface area contributed by atoms with E-state index in [1.54, 1.807) is 43.4 Å². The Balaban J connectivity index is 1.64. The van der Waals surface area contributed by atoms with Crippen LogP contribution in [0.2, 0.25) is 10.0 Å². The second-order valence-electron chi connectivity index (χ2n) is 8.56. The maximum Gasteiger partial charge on any atom is 0.335 e. The van der Waals surface area contributed by atoms with Gasteiger partial charge in [0.05, 0.1) is 32.2 Å². The van der Waals surface area contributed by atoms with Gasteiger partial charge in [-0.05, 0) is 47.5 Å². The zero-order valence-electron chi connectivity index (χ0n) is 20.4. The summed E-state index contributed by atoms with van der Waals surface area (Å²) in [6.07, 6.45) is -0.0814. The van der Waals surface area contributed by atoms with Crippen molar-refractivity contribution in [3.05, 3.63) is 108 Å². The number of rotatable bonds is 8. The van der Waals surface area contributed by atoms with E-state index < -0.39 is 29.2 Å². The van der Waals surface area contributed by atoms with Gasteiger partial charge in [0.2, 0.25) is 4.91 Å². The molecule has 0 unspecified atom stereocenters. The smallest absolute Gasteiger partial charge is 0.335 e. The Hall–Kier alpha value is -4.57. The Morgan fingerprint density at radius 2 is 1.69 bits per heavy atom. The molecule has 1 aromatic heterocycles. The number of nitrogens with zero attached hydrogens (tertiary/aromatic N) is 4. The molecule has 4 aromatic rings. The largest absolute Gasteiger partial charge is 0.480 e. The first-order valence-electron chi connectivity index (χ1n) is 11.5. The van der Waals surface area contributed by atoms with Crippen molar-refractivity contribution in [1.82, 2.24) is 19.4 Å². The number of halogens is 2. The van der Waals surface area contributed by atoms with E-state index in [9.17, 15) is 24.3 Å². The van der Waals surface area contributed by atoms with Crippen LogP contribution >= 0.6 is 23.2 Å². The Kier molecular flexibility index (Phi) is 8.06. The SMILES string of the molecule is Cn1c(=O)n(-c2ccc(C[C@H](NC(=O)c3c(Cl)cccc3Cl)C(=O)O)cc2)c(=O)c2cc(CN=[N+]=N)ccc21. The molecule has 11 nitrogen and oxygen atoms in total. The van der Waals surface area contributed by atoms with Crippen LogP contribution in [-0.2, 0) is 24.8 Å². The van der Waals surface area contributed by atoms with Gasteiger partial charge in [0.25, 0.3) is 11.5 Å². The van der Waals surface area contributed by atoms with E-state index in [0.717, 1.165) is 4.57 Å². The van der Waals surface area contributed by atoms with Crippen LogP contribution in [0.1, 0.15) is 21.5 Å². The Morgan fingerprint density at radius 3 is 2.31 bits per heavy atom. The number of aromatic nitrogens is 2. The summed E-state index contributed by atoms with van der Waals surface area (Å²) in [4.78, 5) is 53.9. The maximum absolute atomic E-state index is 13.3. The predicted molar refractivity (Wildman–Crippen MR) is 145 cm³/mol. The maximum atomic E-state index is 13.3. The van der Waals surface area contributed by atoms with Gasteiger partial charge in [-0.25, -0.2) is 14.2 Å². The Bertz CT molecular complexity index is 1750. The van der Waals surface area contributed by atoms with E-state index in [1.807, 2.05) is 0 Å². The van der Waals surface area contributed by atoms with Gasteiger partial charge in [-0.15, -0.1) is 0 Å². The van der Waals surface area contributed by atoms with Gasteiger partial charge in [-0.1, -0.05) is 47.5 Å². The molecule has 0 saturated carbocycles. The molecule has 0 spiro atoms. The molecular weight excluding hydrogens is 547 g/mol. The lowest BCUT2D eigenvalue weighted by Gasteiger charge is -2.16. The van der Waals surface area contributed by atoms with Gasteiger partial charge in [0.15, 0.2) is 0 Å². The summed E-state index contributed by atoms with van der Waals surface area (Å²) in [5.41, 5.74) is 7.58. The molecule has 1 heterocycles. The number of carboxylic acids is 1. The molecule has 39 heavy (non-hydrogen) atoms. The highest BCUT2D eigenvalue weighted by atomic mass is 35.5. The number of hydrogen-bond donors (Lipinski definition) is 3. The fraction of sp³-hybridized carbons (Fsp3) is 0.154. The minimum Gasteiger partial charge on any atom is -0.480 e. The molecule has 0 aliphatic heterocycles. The second kappa shape index (κ2) is 11.4. The standard InChI is InChI=1S/C26H20Cl2N6O5/c1-33-21-10-7-15(13-30-32-29)11-17(21)24(36)34(26(33)39)16-8-5-14(6-9-16)12-20(25(37)38)31-23(35)22-18(27)3-2-4-19(22)28/h2-11,20,29H,12-13H2,1H3,(H-,31,35,37,38)/p+1/t20-/m0/s1. The van der Waals surface area contributed by atoms with Crippen LogP contribution in [0.3, 0.4) is 0 Å². The summed E-state index contributed by atoms with van der Waals surface area (Å²) >= 11 is 12.1. The first-order chi connectivity index (χ1) is 18.6. The minimum atomic E-state index is -1.30. The second-order valence-corrected chi connectivity index (χ2v) is 9.38. The van der Waals surface area contributed by atoms with Crippen molar-refractivity contribution in [2.24, 2.45) is 12.2 Å². The molecular formula is C26H21Cl2N6O5+. The fourth-order valence-electron chi connectivity index (χ4n) is 4.11. The van der Waals surface area contributed by atoms with Crippen LogP contribution in [-0.4, -0.2) is 32.2 Å². The predicted octanol–water partition coefficient (Wildman–Crippen LogP) is 3.47. The van der Waals surface area contributed by atoms with Gasteiger partial charge < -0.3 is 10.4 Å². The zero-order valence-corrected chi connectivity index (χ0v) is 21.9. The summed E-state index contributed by atoms with van der Waals surface area (Å²) in [6, 6.07) is 14.3. The van der Waals surface area contributed by atoms with E-state index in [1.165, 1.54) is 28.8 Å². The molecule has 0 aliphatic carbocycles. The molecule has 4 rings (SSSR count). The molecule has 3 N–H and O–H groups in total. The summed E-state index contributed by atoms with van der Waals surface area (Å²) in [6.45, 7) is 0.111. The zero-order chi connectivity index (χ0) is 28.3. The van der Waals surface area contributed by atoms with Crippen molar-refractivity contribution < 1.29 is 14.7 Å². The van der Waals surface area contributed by atoms with E-state index in [-0.39, 0.29) is 39.6 Å². The van der Waals surface area contributed by atoms with Crippen molar-refractivity contribution in [2.45, 2.75) is 19.0 Å². The van der Waals surface area contributed by atoms with Crippen molar-refractivity contribution in [3.63, 3.8) is 0 Å². The average Bonchev–Trinajstić information content (AvgIpc) is 2.91. The van der Waals surface area contributed by atoms with Gasteiger partial charge in [-0.3, -0.25) is 14.2 Å². The van der Waals surface area contributed by atoms with Crippen LogP contribution in [0.4, 0.5) is 0 Å². The normalized spacial score (nSPS) is 11.6. The van der Waals surface area contributed by atoms with Crippen molar-refractivity contribution in [1.29, 1.82) is 5.53 Å². The number of hydrogen-bond acceptors (Lipinski definition) is 6. The highest BCUT2D eigenvalue weighted by Crippen LogP contribution is 2.24. The van der Waals surface area contributed by atoms with Crippen molar-refractivity contribution in [3.8, 4) is 5.69 Å². The lowest BCUT2D eigenvalue weighted by molar-refractivity contribution is -0.139. The molecule has 0 saturated heterocycles. The van der Waals surface area contributed by atoms with E-state index in [4.69, 9.17) is 28.7 Å². The monoisotopic (exact) mass is 567 g/mol. The molecule has 0 aliphatic rings. The van der Waals surface area contributed by atoms with Crippen LogP contribution in [0.15, 0.2) is 75.4 Å². The van der Waals surface area contributed by atoms with E-state index in [0.29, 0.717) is 16.6 Å². The average molecular weight is 568 g/mol. The topological polar surface area (TPSA) is 161 Å². The third-order valence-electron chi connectivity index (χ3n) is 6.09. The molecule has 13 heteroatoms. The molecule has 1 amide bonds. The number of fused-ring (bicyclic) bond motifs is 1. The fourth-order valence-corrected chi connectivity index (χ4v) is 4.68. The molecule has 0 radical (unpaired) electrons. The Morgan fingerprint density at radius 1 is 1.05 bits per heavy atom. The third kappa shape index (κ3) is 5.65. The quantitative estimate of drug-likeness (QED) is 0.219. The molecule has 3 aromatic carbocycles. The van der Waals surface area contributed by atoms with Gasteiger partial charge in [0, 0.05) is 13.5 Å². The van der Waals surface area contributed by atoms with E-state index in [2.05, 4.69) is 15.3 Å². The summed E-state index contributed by atoms with van der Waals surface area (Å²) < 4.78 is 2.36. The number of carbonyl (C=O) groups is 2. The van der Waals surface area contributed by atoms with Crippen molar-refractivity contribution >= 4 is 46.0 Å².